The van der Waals surface area contributed by atoms with E-state index in [1.54, 1.807) is 0 Å². The lowest BCUT2D eigenvalue weighted by atomic mass is 9.73. The molecule has 3 aliphatic carbocycles. The second kappa shape index (κ2) is 6.57. The topological polar surface area (TPSA) is 49.4 Å². The molecule has 1 spiro atoms. The van der Waals surface area contributed by atoms with Gasteiger partial charge >= 0.3 is 0 Å². The van der Waals surface area contributed by atoms with Crippen molar-refractivity contribution < 1.29 is 9.84 Å². The highest BCUT2D eigenvalue weighted by molar-refractivity contribution is 7.88. The molecule has 5 rings (SSSR count). The van der Waals surface area contributed by atoms with Crippen LogP contribution in [-0.2, 0) is 15.4 Å². The molecular formula is C22H34N2O2S. The molecule has 0 radical (unpaired) electrons. The lowest BCUT2D eigenvalue weighted by Crippen LogP contribution is -2.44. The lowest BCUT2D eigenvalue weighted by Gasteiger charge is -2.42. The second-order valence-corrected chi connectivity index (χ2v) is 11.5. The number of nitrogens with zero attached hydrogens (tertiary/aromatic N) is 1. The highest BCUT2D eigenvalue weighted by Gasteiger charge is 2.47. The van der Waals surface area contributed by atoms with Gasteiger partial charge in [0.05, 0.1) is 6.26 Å². The van der Waals surface area contributed by atoms with Crippen LogP contribution in [0.25, 0.3) is 0 Å². The van der Waals surface area contributed by atoms with Crippen LogP contribution in [0.2, 0.25) is 0 Å². The van der Waals surface area contributed by atoms with Crippen LogP contribution >= 0.6 is 0 Å². The summed E-state index contributed by atoms with van der Waals surface area (Å²) in [6, 6.07) is 8.46. The minimum absolute atomic E-state index is 0. The molecule has 0 aromatic heterocycles. The first-order valence-corrected chi connectivity index (χ1v) is 12.6. The van der Waals surface area contributed by atoms with Gasteiger partial charge in [0.15, 0.2) is 0 Å². The van der Waals surface area contributed by atoms with E-state index in [2.05, 4.69) is 27.8 Å². The number of piperidine rings is 1. The monoisotopic (exact) mass is 390 g/mol. The normalized spacial score (nSPS) is 35.0. The SMILES string of the molecule is CS(=O)(=O)N[C@@H]1CC2(CCN(C[C@H]3C[C@H]4CC[C@@H]3C4)CC2)c2ccccc21.[HH]. The Balaban J connectivity index is 0.00000192. The van der Waals surface area contributed by atoms with E-state index in [1.165, 1.54) is 49.6 Å². The summed E-state index contributed by atoms with van der Waals surface area (Å²) >= 11 is 0. The zero-order valence-corrected chi connectivity index (χ0v) is 17.2. The van der Waals surface area contributed by atoms with Gasteiger partial charge in [-0.15, -0.1) is 0 Å². The van der Waals surface area contributed by atoms with Gasteiger partial charge in [-0.05, 0) is 85.9 Å². The van der Waals surface area contributed by atoms with Crippen LogP contribution in [0.3, 0.4) is 0 Å². The molecule has 1 saturated heterocycles. The molecule has 0 unspecified atom stereocenters. The first-order chi connectivity index (χ1) is 12.9. The molecule has 1 heterocycles. The van der Waals surface area contributed by atoms with Crippen molar-refractivity contribution in [2.24, 2.45) is 17.8 Å². The highest BCUT2D eigenvalue weighted by atomic mass is 32.2. The van der Waals surface area contributed by atoms with Crippen molar-refractivity contribution >= 4 is 10.0 Å². The largest absolute Gasteiger partial charge is 0.303 e. The molecule has 1 N–H and O–H groups in total. The van der Waals surface area contributed by atoms with E-state index in [1.807, 2.05) is 6.07 Å². The Morgan fingerprint density at radius 1 is 1.19 bits per heavy atom. The Morgan fingerprint density at radius 3 is 2.63 bits per heavy atom. The van der Waals surface area contributed by atoms with Crippen molar-refractivity contribution in [2.75, 3.05) is 25.9 Å². The minimum atomic E-state index is -3.20. The van der Waals surface area contributed by atoms with Crippen molar-refractivity contribution in [1.29, 1.82) is 0 Å². The van der Waals surface area contributed by atoms with E-state index >= 15 is 0 Å². The zero-order chi connectivity index (χ0) is 18.6. The van der Waals surface area contributed by atoms with E-state index < -0.39 is 10.0 Å². The van der Waals surface area contributed by atoms with Crippen molar-refractivity contribution in [3.63, 3.8) is 0 Å². The Labute approximate surface area is 165 Å². The number of benzene rings is 1. The fourth-order valence-corrected chi connectivity index (χ4v) is 7.55. The quantitative estimate of drug-likeness (QED) is 0.853. The molecule has 4 nitrogen and oxygen atoms in total. The third-order valence-corrected chi connectivity index (χ3v) is 8.76. The first-order valence-electron chi connectivity index (χ1n) is 10.7. The number of nitrogens with one attached hydrogen (secondary N) is 1. The van der Waals surface area contributed by atoms with Gasteiger partial charge in [-0.1, -0.05) is 30.7 Å². The summed E-state index contributed by atoms with van der Waals surface area (Å²) in [4.78, 5) is 2.70. The summed E-state index contributed by atoms with van der Waals surface area (Å²) in [7, 11) is -3.20. The third kappa shape index (κ3) is 3.36. The molecule has 1 aromatic carbocycles. The molecule has 2 bridgehead atoms. The average Bonchev–Trinajstić information content (AvgIpc) is 3.31. The number of sulfonamides is 1. The zero-order valence-electron chi connectivity index (χ0n) is 16.4. The molecule has 4 atom stereocenters. The maximum atomic E-state index is 11.9. The van der Waals surface area contributed by atoms with Gasteiger partial charge in [0.1, 0.15) is 0 Å². The predicted molar refractivity (Wildman–Crippen MR) is 110 cm³/mol. The number of hydrogen-bond donors (Lipinski definition) is 1. The smallest absolute Gasteiger partial charge is 0.209 e. The van der Waals surface area contributed by atoms with Gasteiger partial charge in [0.2, 0.25) is 10.0 Å². The van der Waals surface area contributed by atoms with Gasteiger partial charge in [0, 0.05) is 14.0 Å². The lowest BCUT2D eigenvalue weighted by molar-refractivity contribution is 0.120. The van der Waals surface area contributed by atoms with E-state index in [-0.39, 0.29) is 12.9 Å². The van der Waals surface area contributed by atoms with E-state index in [0.717, 1.165) is 50.1 Å². The van der Waals surface area contributed by atoms with Crippen LogP contribution in [0.5, 0.6) is 0 Å². The van der Waals surface area contributed by atoms with Crippen LogP contribution in [0.15, 0.2) is 24.3 Å². The highest BCUT2D eigenvalue weighted by Crippen LogP contribution is 2.52. The Bertz CT molecular complexity index is 820. The number of hydrogen-bond acceptors (Lipinski definition) is 3. The average molecular weight is 391 g/mol. The Morgan fingerprint density at radius 2 is 1.96 bits per heavy atom. The van der Waals surface area contributed by atoms with Crippen LogP contribution in [-0.4, -0.2) is 39.2 Å². The molecule has 1 aromatic rings. The molecule has 3 fully saturated rings. The van der Waals surface area contributed by atoms with Gasteiger partial charge in [-0.3, -0.25) is 0 Å². The summed E-state index contributed by atoms with van der Waals surface area (Å²) in [5.41, 5.74) is 2.75. The molecule has 150 valence electrons. The molecule has 2 saturated carbocycles. The van der Waals surface area contributed by atoms with Crippen molar-refractivity contribution in [3.8, 4) is 0 Å². The standard InChI is InChI=1S/C22H32N2O2S.H2/c1-27(25,26)23-21-14-22(20-5-3-2-4-19(20)21)8-10-24(11-9-22)15-18-13-16-6-7-17(18)12-16;/h2-5,16-18,21,23H,6-15H2,1H3;1H/t16-,17+,18+,21+;/m0./s1. The van der Waals surface area contributed by atoms with Crippen molar-refractivity contribution in [1.82, 2.24) is 9.62 Å². The maximum Gasteiger partial charge on any atom is 0.209 e. The number of fused-ring (bicyclic) bond motifs is 4. The van der Waals surface area contributed by atoms with Crippen molar-refractivity contribution in [3.05, 3.63) is 35.4 Å². The number of rotatable bonds is 4. The molecular weight excluding hydrogens is 356 g/mol. The first kappa shape index (κ1) is 18.1. The van der Waals surface area contributed by atoms with Gasteiger partial charge in [-0.25, -0.2) is 13.1 Å². The van der Waals surface area contributed by atoms with Gasteiger partial charge in [0.25, 0.3) is 0 Å². The fourth-order valence-electron chi connectivity index (χ4n) is 6.83. The van der Waals surface area contributed by atoms with Crippen molar-refractivity contribution in [2.45, 2.75) is 56.4 Å². The maximum absolute atomic E-state index is 11.9. The Hall–Kier alpha value is -0.910. The van der Waals surface area contributed by atoms with E-state index in [9.17, 15) is 8.42 Å². The van der Waals surface area contributed by atoms with Crippen LogP contribution in [0.1, 0.15) is 63.5 Å². The second-order valence-electron chi connectivity index (χ2n) is 9.75. The minimum Gasteiger partial charge on any atom is -0.303 e. The van der Waals surface area contributed by atoms with Gasteiger partial charge in [-0.2, -0.15) is 0 Å². The summed E-state index contributed by atoms with van der Waals surface area (Å²) in [5, 5.41) is 0. The van der Waals surface area contributed by atoms with Crippen LogP contribution in [0, 0.1) is 17.8 Å². The number of likely N-dealkylation sites (tertiary alicyclic amines) is 1. The van der Waals surface area contributed by atoms with Gasteiger partial charge < -0.3 is 4.90 Å². The van der Waals surface area contributed by atoms with Crippen LogP contribution in [0.4, 0.5) is 0 Å². The molecule has 27 heavy (non-hydrogen) atoms. The molecule has 5 heteroatoms. The Kier molecular flexibility index (Phi) is 4.41. The van der Waals surface area contributed by atoms with E-state index in [0.29, 0.717) is 0 Å². The summed E-state index contributed by atoms with van der Waals surface area (Å²) in [6.07, 6.45) is 10.4. The fraction of sp³-hybridized carbons (Fsp3) is 0.727. The summed E-state index contributed by atoms with van der Waals surface area (Å²) < 4.78 is 26.6. The van der Waals surface area contributed by atoms with Crippen LogP contribution < -0.4 is 4.72 Å². The molecule has 0 amide bonds. The molecule has 1 aliphatic heterocycles. The van der Waals surface area contributed by atoms with E-state index in [4.69, 9.17) is 0 Å². The molecule has 4 aliphatic rings. The predicted octanol–water partition coefficient (Wildman–Crippen LogP) is 3.70. The summed E-state index contributed by atoms with van der Waals surface area (Å²) in [5.74, 6) is 2.97. The summed E-state index contributed by atoms with van der Waals surface area (Å²) in [6.45, 7) is 3.62. The third-order valence-electron chi connectivity index (χ3n) is 8.05.